The molecule has 0 radical (unpaired) electrons. The van der Waals surface area contributed by atoms with Crippen molar-refractivity contribution in [3.63, 3.8) is 0 Å². The molecule has 0 aliphatic heterocycles. The zero-order chi connectivity index (χ0) is 14.5. The molecule has 1 aromatic carbocycles. The maximum atomic E-state index is 10.8. The maximum Gasteiger partial charge on any atom is 1.00 e. The third-order valence-electron chi connectivity index (χ3n) is 2.01. The van der Waals surface area contributed by atoms with E-state index in [0.29, 0.717) is 0 Å². The van der Waals surface area contributed by atoms with E-state index in [1.54, 1.807) is 0 Å². The van der Waals surface area contributed by atoms with Crippen LogP contribution >= 0.6 is 0 Å². The smallest absolute Gasteiger partial charge is 0.748 e. The molecular formula is C8H10N5NaO6S. The van der Waals surface area contributed by atoms with Gasteiger partial charge in [-0.05, 0) is 11.6 Å². The number of nitrogens with zero attached hydrogens (tertiary/aromatic N) is 4. The fraction of sp³-hybridized carbons (Fsp3) is 0.250. The van der Waals surface area contributed by atoms with Crippen molar-refractivity contribution in [3.8, 4) is 0 Å². The van der Waals surface area contributed by atoms with Crippen molar-refractivity contribution >= 4 is 27.2 Å². The number of hydrogen-bond acceptors (Lipinski definition) is 7. The predicted molar refractivity (Wildman–Crippen MR) is 68.6 cm³/mol. The van der Waals surface area contributed by atoms with Gasteiger partial charge in [0.2, 0.25) is 0 Å². The summed E-state index contributed by atoms with van der Waals surface area (Å²) >= 11 is 0. The Bertz CT molecular complexity index is 645. The topological polar surface area (TPSA) is 193 Å². The number of nitro benzene ring substituents is 1. The van der Waals surface area contributed by atoms with E-state index in [1.165, 1.54) is 12.1 Å². The summed E-state index contributed by atoms with van der Waals surface area (Å²) in [5.41, 5.74) is 7.92. The molecule has 110 valence electrons. The summed E-state index contributed by atoms with van der Waals surface area (Å²) in [5, 5.41) is 16.5. The average Bonchev–Trinajstić information content (AvgIpc) is 2.29. The van der Waals surface area contributed by atoms with Gasteiger partial charge in [-0.15, -0.1) is 0 Å². The van der Waals surface area contributed by atoms with Crippen LogP contribution in [0.4, 0.5) is 17.1 Å². The Kier molecular flexibility index (Phi) is 9.92. The molecule has 0 aliphatic carbocycles. The van der Waals surface area contributed by atoms with Crippen LogP contribution in [0.1, 0.15) is 0 Å². The number of rotatable bonds is 6. The van der Waals surface area contributed by atoms with Crippen LogP contribution in [0.15, 0.2) is 23.3 Å². The van der Waals surface area contributed by atoms with Crippen molar-refractivity contribution in [2.75, 3.05) is 17.6 Å². The van der Waals surface area contributed by atoms with Crippen molar-refractivity contribution < 1.29 is 52.9 Å². The zero-order valence-electron chi connectivity index (χ0n) is 10.9. The van der Waals surface area contributed by atoms with Gasteiger partial charge in [-0.1, -0.05) is 11.2 Å². The van der Waals surface area contributed by atoms with Crippen molar-refractivity contribution in [2.24, 2.45) is 5.11 Å². The fourth-order valence-corrected chi connectivity index (χ4v) is 1.60. The van der Waals surface area contributed by atoms with Crippen LogP contribution in [0.5, 0.6) is 0 Å². The molecular weight excluding hydrogens is 317 g/mol. The number of azide groups is 1. The number of nitrogens with one attached hydrogen (secondary N) is 1. The third kappa shape index (κ3) is 7.82. The largest absolute Gasteiger partial charge is 1.00 e. The van der Waals surface area contributed by atoms with Crippen LogP contribution in [-0.2, 0) is 10.1 Å². The van der Waals surface area contributed by atoms with Crippen LogP contribution in [0.3, 0.4) is 0 Å². The van der Waals surface area contributed by atoms with E-state index in [4.69, 9.17) is 5.53 Å². The molecule has 1 rings (SSSR count). The Hall–Kier alpha value is -1.40. The van der Waals surface area contributed by atoms with Gasteiger partial charge in [-0.25, -0.2) is 8.42 Å². The molecule has 0 saturated heterocycles. The van der Waals surface area contributed by atoms with Gasteiger partial charge >= 0.3 is 29.6 Å². The molecule has 0 aliphatic rings. The second-order valence-corrected chi connectivity index (χ2v) is 4.86. The summed E-state index contributed by atoms with van der Waals surface area (Å²) in [4.78, 5) is 12.6. The first-order valence-corrected chi connectivity index (χ1v) is 6.42. The normalized spacial score (nSPS) is 9.57. The van der Waals surface area contributed by atoms with E-state index in [9.17, 15) is 23.1 Å². The summed E-state index contributed by atoms with van der Waals surface area (Å²) in [6, 6.07) is 3.62. The van der Waals surface area contributed by atoms with Gasteiger partial charge < -0.3 is 15.3 Å². The van der Waals surface area contributed by atoms with E-state index in [0.717, 1.165) is 6.07 Å². The standard InChI is InChI=1S/C8H9N5O5S.Na.H2O/c9-12-11-6-1-2-7(8(5-6)13(14)15)10-3-4-19(16,17)18;;/h1-2,5,10H,3-4H2,(H,16,17,18);;1H2/q;+1;/p-1. The molecule has 0 amide bonds. The Morgan fingerprint density at radius 3 is 2.52 bits per heavy atom. The van der Waals surface area contributed by atoms with E-state index >= 15 is 0 Å². The second kappa shape index (κ2) is 9.52. The molecule has 0 spiro atoms. The van der Waals surface area contributed by atoms with Gasteiger partial charge in [-0.2, -0.15) is 0 Å². The summed E-state index contributed by atoms with van der Waals surface area (Å²) in [7, 11) is -4.39. The Balaban J connectivity index is 0. The minimum absolute atomic E-state index is 0. The van der Waals surface area contributed by atoms with Gasteiger partial charge in [0.25, 0.3) is 5.69 Å². The van der Waals surface area contributed by atoms with Crippen LogP contribution < -0.4 is 34.9 Å². The van der Waals surface area contributed by atoms with Crippen molar-refractivity contribution in [3.05, 3.63) is 38.8 Å². The summed E-state index contributed by atoms with van der Waals surface area (Å²) in [6.07, 6.45) is 0. The number of anilines is 1. The van der Waals surface area contributed by atoms with Gasteiger partial charge in [0.15, 0.2) is 0 Å². The van der Waals surface area contributed by atoms with Gasteiger partial charge in [0.05, 0.1) is 20.8 Å². The average molecular weight is 327 g/mol. The minimum atomic E-state index is -4.39. The summed E-state index contributed by atoms with van der Waals surface area (Å²) < 4.78 is 31.2. The number of hydrogen-bond donors (Lipinski definition) is 1. The van der Waals surface area contributed by atoms with Gasteiger partial charge in [0.1, 0.15) is 5.69 Å². The maximum absolute atomic E-state index is 10.8. The fourth-order valence-electron chi connectivity index (χ4n) is 1.25. The Morgan fingerprint density at radius 1 is 1.43 bits per heavy atom. The molecule has 11 nitrogen and oxygen atoms in total. The zero-order valence-corrected chi connectivity index (χ0v) is 13.7. The van der Waals surface area contributed by atoms with Crippen molar-refractivity contribution in [1.82, 2.24) is 0 Å². The SMILES string of the molecule is O.[N-]=[N+]=Nc1ccc(NCCS(=O)(=O)[O-])c([N+](=O)[O-])c1.[Na+]. The first-order chi connectivity index (χ1) is 8.83. The number of nitro groups is 1. The predicted octanol–water partition coefficient (Wildman–Crippen LogP) is -2.33. The van der Waals surface area contributed by atoms with E-state index in [2.05, 4.69) is 15.3 Å². The van der Waals surface area contributed by atoms with Crippen LogP contribution in [-0.4, -0.2) is 35.7 Å². The quantitative estimate of drug-likeness (QED) is 0.116. The monoisotopic (exact) mass is 327 g/mol. The first-order valence-electron chi connectivity index (χ1n) is 4.84. The Morgan fingerprint density at radius 2 is 2.05 bits per heavy atom. The van der Waals surface area contributed by atoms with E-state index < -0.39 is 20.8 Å². The van der Waals surface area contributed by atoms with Crippen molar-refractivity contribution in [2.45, 2.75) is 0 Å². The minimum Gasteiger partial charge on any atom is -0.748 e. The summed E-state index contributed by atoms with van der Waals surface area (Å²) in [5.74, 6) is -0.692. The van der Waals surface area contributed by atoms with Gasteiger partial charge in [0, 0.05) is 23.2 Å². The molecule has 0 atom stereocenters. The molecule has 0 fully saturated rings. The summed E-state index contributed by atoms with van der Waals surface area (Å²) in [6.45, 7) is -0.256. The molecule has 0 saturated carbocycles. The molecule has 21 heavy (non-hydrogen) atoms. The van der Waals surface area contributed by atoms with E-state index in [-0.39, 0.29) is 58.6 Å². The van der Waals surface area contributed by atoms with E-state index in [1.807, 2.05) is 0 Å². The first kappa shape index (κ1) is 21.9. The molecule has 0 aromatic heterocycles. The molecule has 0 unspecified atom stereocenters. The molecule has 1 aromatic rings. The van der Waals surface area contributed by atoms with Crippen LogP contribution in [0, 0.1) is 10.1 Å². The van der Waals surface area contributed by atoms with Crippen LogP contribution in [0.2, 0.25) is 0 Å². The molecule has 0 heterocycles. The Labute approximate surface area is 141 Å². The third-order valence-corrected chi connectivity index (χ3v) is 2.71. The second-order valence-electron chi connectivity index (χ2n) is 3.34. The van der Waals surface area contributed by atoms with Crippen LogP contribution in [0.25, 0.3) is 10.4 Å². The van der Waals surface area contributed by atoms with Crippen molar-refractivity contribution in [1.29, 1.82) is 0 Å². The molecule has 13 heteroatoms. The number of benzene rings is 1. The molecule has 3 N–H and O–H groups in total. The van der Waals surface area contributed by atoms with Gasteiger partial charge in [-0.3, -0.25) is 10.1 Å². The molecule has 0 bridgehead atoms.